The van der Waals surface area contributed by atoms with E-state index in [4.69, 9.17) is 20.8 Å². The molecule has 19 heavy (non-hydrogen) atoms. The largest absolute Gasteiger partial charge is 0.457 e. The summed E-state index contributed by atoms with van der Waals surface area (Å²) in [6, 6.07) is 14.0. The predicted molar refractivity (Wildman–Crippen MR) is 72.6 cm³/mol. The third kappa shape index (κ3) is 2.20. The number of hydrogen-bond acceptors (Lipinski definition) is 3. The van der Waals surface area contributed by atoms with Gasteiger partial charge in [0.1, 0.15) is 5.75 Å². The van der Waals surface area contributed by atoms with E-state index in [2.05, 4.69) is 0 Å². The van der Waals surface area contributed by atoms with Gasteiger partial charge in [0.25, 0.3) is 0 Å². The molecule has 0 aliphatic rings. The van der Waals surface area contributed by atoms with Crippen molar-refractivity contribution in [3.63, 3.8) is 0 Å². The van der Waals surface area contributed by atoms with Gasteiger partial charge >= 0.3 is 5.97 Å². The van der Waals surface area contributed by atoms with Gasteiger partial charge in [0.2, 0.25) is 5.76 Å². The van der Waals surface area contributed by atoms with E-state index in [0.29, 0.717) is 10.8 Å². The summed E-state index contributed by atoms with van der Waals surface area (Å²) in [5, 5.41) is 2.25. The third-order valence-corrected chi connectivity index (χ3v) is 3.09. The van der Waals surface area contributed by atoms with E-state index in [1.54, 1.807) is 24.3 Å². The Kier molecular flexibility index (Phi) is 2.97. The first kappa shape index (κ1) is 11.8. The van der Waals surface area contributed by atoms with Crippen LogP contribution in [0, 0.1) is 0 Å². The van der Waals surface area contributed by atoms with Gasteiger partial charge in [-0.15, -0.1) is 0 Å². The van der Waals surface area contributed by atoms with E-state index in [1.165, 1.54) is 6.26 Å². The highest BCUT2D eigenvalue weighted by Gasteiger charge is 2.13. The van der Waals surface area contributed by atoms with Crippen LogP contribution in [0.4, 0.5) is 0 Å². The van der Waals surface area contributed by atoms with Crippen LogP contribution >= 0.6 is 11.6 Å². The highest BCUT2D eigenvalue weighted by Crippen LogP contribution is 2.31. The second-order valence-electron chi connectivity index (χ2n) is 3.96. The first-order valence-electron chi connectivity index (χ1n) is 5.68. The van der Waals surface area contributed by atoms with Crippen LogP contribution in [0.1, 0.15) is 10.6 Å². The molecule has 3 nitrogen and oxygen atoms in total. The molecule has 2 aromatic carbocycles. The molecule has 0 saturated carbocycles. The van der Waals surface area contributed by atoms with Crippen molar-refractivity contribution < 1.29 is 13.9 Å². The van der Waals surface area contributed by atoms with Crippen LogP contribution in [0.5, 0.6) is 5.75 Å². The minimum Gasteiger partial charge on any atom is -0.457 e. The zero-order valence-electron chi connectivity index (χ0n) is 9.80. The number of rotatable bonds is 2. The van der Waals surface area contributed by atoms with E-state index < -0.39 is 5.97 Å². The van der Waals surface area contributed by atoms with Crippen molar-refractivity contribution in [2.24, 2.45) is 0 Å². The number of esters is 1. The SMILES string of the molecule is O=C(Oc1ccc(Cl)c2ccccc12)c1ccco1. The van der Waals surface area contributed by atoms with Crippen LogP contribution in [0.25, 0.3) is 10.8 Å². The summed E-state index contributed by atoms with van der Waals surface area (Å²) in [5.74, 6) is 0.0953. The molecule has 0 atom stereocenters. The highest BCUT2D eigenvalue weighted by molar-refractivity contribution is 6.35. The van der Waals surface area contributed by atoms with Gasteiger partial charge in [-0.3, -0.25) is 0 Å². The van der Waals surface area contributed by atoms with Crippen LogP contribution in [0.2, 0.25) is 5.02 Å². The molecule has 0 aliphatic carbocycles. The van der Waals surface area contributed by atoms with E-state index in [1.807, 2.05) is 24.3 Å². The number of fused-ring (bicyclic) bond motifs is 1. The van der Waals surface area contributed by atoms with Crippen molar-refractivity contribution >= 4 is 28.3 Å². The lowest BCUT2D eigenvalue weighted by atomic mass is 10.1. The number of carbonyl (C=O) groups is 1. The molecule has 4 heteroatoms. The molecule has 1 aromatic heterocycles. The van der Waals surface area contributed by atoms with Gasteiger partial charge in [-0.1, -0.05) is 35.9 Å². The summed E-state index contributed by atoms with van der Waals surface area (Å²) >= 11 is 6.11. The molecule has 1 heterocycles. The van der Waals surface area contributed by atoms with E-state index in [0.717, 1.165) is 10.8 Å². The lowest BCUT2D eigenvalue weighted by Gasteiger charge is -2.07. The second-order valence-corrected chi connectivity index (χ2v) is 4.37. The summed E-state index contributed by atoms with van der Waals surface area (Å²) in [6.45, 7) is 0. The van der Waals surface area contributed by atoms with Gasteiger partial charge in [0, 0.05) is 15.8 Å². The van der Waals surface area contributed by atoms with Crippen molar-refractivity contribution in [2.45, 2.75) is 0 Å². The summed E-state index contributed by atoms with van der Waals surface area (Å²) in [4.78, 5) is 11.9. The molecule has 0 saturated heterocycles. The molecule has 0 aliphatic heterocycles. The summed E-state index contributed by atoms with van der Waals surface area (Å²) in [5.41, 5.74) is 0. The van der Waals surface area contributed by atoms with Crippen LogP contribution in [0.3, 0.4) is 0 Å². The Hall–Kier alpha value is -2.26. The molecule has 0 unspecified atom stereocenters. The van der Waals surface area contributed by atoms with Crippen LogP contribution < -0.4 is 4.74 Å². The number of furan rings is 1. The van der Waals surface area contributed by atoms with Crippen molar-refractivity contribution in [3.8, 4) is 5.75 Å². The summed E-state index contributed by atoms with van der Waals surface area (Å²) in [6.07, 6.45) is 1.43. The van der Waals surface area contributed by atoms with Gasteiger partial charge in [0.05, 0.1) is 6.26 Å². The van der Waals surface area contributed by atoms with Crippen molar-refractivity contribution in [1.82, 2.24) is 0 Å². The van der Waals surface area contributed by atoms with Crippen molar-refractivity contribution in [3.05, 3.63) is 65.6 Å². The molecular weight excluding hydrogens is 264 g/mol. The molecule has 3 rings (SSSR count). The van der Waals surface area contributed by atoms with Crippen LogP contribution in [-0.4, -0.2) is 5.97 Å². The van der Waals surface area contributed by atoms with Gasteiger partial charge in [-0.2, -0.15) is 0 Å². The number of carbonyl (C=O) groups excluding carboxylic acids is 1. The molecule has 94 valence electrons. The predicted octanol–water partition coefficient (Wildman–Crippen LogP) is 4.31. The first-order valence-corrected chi connectivity index (χ1v) is 6.06. The zero-order valence-corrected chi connectivity index (χ0v) is 10.6. The molecule has 0 bridgehead atoms. The smallest absolute Gasteiger partial charge is 0.379 e. The molecular formula is C15H9ClO3. The number of ether oxygens (including phenoxy) is 1. The zero-order chi connectivity index (χ0) is 13.2. The average molecular weight is 273 g/mol. The summed E-state index contributed by atoms with van der Waals surface area (Å²) < 4.78 is 10.3. The molecule has 0 radical (unpaired) electrons. The normalized spacial score (nSPS) is 10.6. The first-order chi connectivity index (χ1) is 9.25. The topological polar surface area (TPSA) is 39.4 Å². The Morgan fingerprint density at radius 2 is 1.79 bits per heavy atom. The Morgan fingerprint density at radius 1 is 1.00 bits per heavy atom. The second kappa shape index (κ2) is 4.78. The Labute approximate surface area is 114 Å². The minimum absolute atomic E-state index is 0.166. The van der Waals surface area contributed by atoms with E-state index >= 15 is 0 Å². The van der Waals surface area contributed by atoms with E-state index in [-0.39, 0.29) is 5.76 Å². The van der Waals surface area contributed by atoms with Gasteiger partial charge in [-0.05, 0) is 24.3 Å². The maximum atomic E-state index is 11.9. The Bertz CT molecular complexity index is 732. The quantitative estimate of drug-likeness (QED) is 0.515. The standard InChI is InChI=1S/C15H9ClO3/c16-12-7-8-13(11-5-2-1-4-10(11)12)19-15(17)14-6-3-9-18-14/h1-9H. The summed E-state index contributed by atoms with van der Waals surface area (Å²) in [7, 11) is 0. The van der Waals surface area contributed by atoms with Gasteiger partial charge in [0.15, 0.2) is 0 Å². The number of hydrogen-bond donors (Lipinski definition) is 0. The molecule has 0 N–H and O–H groups in total. The Balaban J connectivity index is 2.02. The average Bonchev–Trinajstić information content (AvgIpc) is 2.96. The lowest BCUT2D eigenvalue weighted by molar-refractivity contribution is 0.0704. The fraction of sp³-hybridized carbons (Fsp3) is 0. The fourth-order valence-corrected chi connectivity index (χ4v) is 2.10. The number of halogens is 1. The maximum Gasteiger partial charge on any atom is 0.379 e. The lowest BCUT2D eigenvalue weighted by Crippen LogP contribution is -2.07. The third-order valence-electron chi connectivity index (χ3n) is 2.76. The highest BCUT2D eigenvalue weighted by atomic mass is 35.5. The molecule has 3 aromatic rings. The fourth-order valence-electron chi connectivity index (χ4n) is 1.87. The van der Waals surface area contributed by atoms with Crippen molar-refractivity contribution in [2.75, 3.05) is 0 Å². The van der Waals surface area contributed by atoms with E-state index in [9.17, 15) is 4.79 Å². The molecule has 0 amide bonds. The maximum absolute atomic E-state index is 11.9. The van der Waals surface area contributed by atoms with Gasteiger partial charge in [-0.25, -0.2) is 4.79 Å². The van der Waals surface area contributed by atoms with Gasteiger partial charge < -0.3 is 9.15 Å². The Morgan fingerprint density at radius 3 is 2.53 bits per heavy atom. The van der Waals surface area contributed by atoms with Crippen molar-refractivity contribution in [1.29, 1.82) is 0 Å². The van der Waals surface area contributed by atoms with Crippen LogP contribution in [0.15, 0.2) is 59.2 Å². The number of benzene rings is 2. The minimum atomic E-state index is -0.530. The molecule has 0 spiro atoms. The van der Waals surface area contributed by atoms with Crippen LogP contribution in [-0.2, 0) is 0 Å². The monoisotopic (exact) mass is 272 g/mol. The molecule has 0 fully saturated rings.